The van der Waals surface area contributed by atoms with E-state index < -0.39 is 5.91 Å². The lowest BCUT2D eigenvalue weighted by Crippen LogP contribution is -3.14. The number of hydrogen-bond acceptors (Lipinski definition) is 3. The summed E-state index contributed by atoms with van der Waals surface area (Å²) >= 11 is 1.54. The number of quaternary nitrogens is 1. The molecule has 2 amide bonds. The van der Waals surface area contributed by atoms with Gasteiger partial charge >= 0.3 is 0 Å². The monoisotopic (exact) mass is 336 g/mol. The Morgan fingerprint density at radius 1 is 1.30 bits per heavy atom. The van der Waals surface area contributed by atoms with Gasteiger partial charge < -0.3 is 16.0 Å². The van der Waals surface area contributed by atoms with Gasteiger partial charge in [0.1, 0.15) is 5.00 Å². The third-order valence-corrected chi connectivity index (χ3v) is 6.15. The number of rotatable bonds is 4. The Balaban J connectivity index is 1.70. The zero-order valence-electron chi connectivity index (χ0n) is 13.7. The van der Waals surface area contributed by atoms with Crippen LogP contribution in [-0.4, -0.2) is 31.4 Å². The molecule has 126 valence electrons. The maximum absolute atomic E-state index is 12.4. The van der Waals surface area contributed by atoms with Gasteiger partial charge in [0, 0.05) is 10.8 Å². The molecule has 1 unspecified atom stereocenters. The molecule has 2 heterocycles. The Labute approximate surface area is 141 Å². The molecule has 1 aliphatic carbocycles. The Bertz CT molecular complexity index is 611. The average Bonchev–Trinajstić information content (AvgIpc) is 2.84. The van der Waals surface area contributed by atoms with Crippen LogP contribution in [0, 0.1) is 5.92 Å². The molecule has 5 nitrogen and oxygen atoms in total. The molecule has 0 radical (unpaired) electrons. The summed E-state index contributed by atoms with van der Waals surface area (Å²) in [4.78, 5) is 26.8. The van der Waals surface area contributed by atoms with Gasteiger partial charge in [-0.2, -0.15) is 0 Å². The molecule has 2 atom stereocenters. The summed E-state index contributed by atoms with van der Waals surface area (Å²) in [7, 11) is 0. The van der Waals surface area contributed by atoms with Gasteiger partial charge in [-0.3, -0.25) is 9.59 Å². The Morgan fingerprint density at radius 2 is 2.09 bits per heavy atom. The number of fused-ring (bicyclic) bond motifs is 1. The van der Waals surface area contributed by atoms with E-state index in [1.165, 1.54) is 34.0 Å². The van der Waals surface area contributed by atoms with E-state index in [1.807, 2.05) is 0 Å². The number of piperidine rings is 1. The molecule has 0 saturated carbocycles. The average molecular weight is 336 g/mol. The van der Waals surface area contributed by atoms with Crippen molar-refractivity contribution in [1.29, 1.82) is 0 Å². The van der Waals surface area contributed by atoms with Crippen LogP contribution in [0.15, 0.2) is 0 Å². The number of amides is 2. The fraction of sp³-hybridized carbons (Fsp3) is 0.647. The molecule has 6 heteroatoms. The summed E-state index contributed by atoms with van der Waals surface area (Å²) in [6, 6.07) is 0. The van der Waals surface area contributed by atoms with Gasteiger partial charge in [-0.1, -0.05) is 6.92 Å². The van der Waals surface area contributed by atoms with E-state index in [-0.39, 0.29) is 5.91 Å². The Hall–Kier alpha value is -1.40. The molecule has 0 spiro atoms. The number of thiophene rings is 1. The van der Waals surface area contributed by atoms with E-state index in [0.717, 1.165) is 44.3 Å². The molecule has 3 rings (SSSR count). The largest absolute Gasteiger partial charge is 0.365 e. The van der Waals surface area contributed by atoms with Gasteiger partial charge in [-0.05, 0) is 44.1 Å². The highest BCUT2D eigenvalue weighted by Gasteiger charge is 2.27. The number of carbonyl (C=O) groups is 2. The molecular formula is C17H26N3O2S+. The topological polar surface area (TPSA) is 76.6 Å². The maximum atomic E-state index is 12.4. The third kappa shape index (κ3) is 3.75. The number of hydrogen-bond donors (Lipinski definition) is 3. The van der Waals surface area contributed by atoms with Gasteiger partial charge in [-0.25, -0.2) is 0 Å². The first-order valence-corrected chi connectivity index (χ1v) is 9.44. The molecule has 1 aromatic heterocycles. The number of nitrogens with one attached hydrogen (secondary N) is 2. The highest BCUT2D eigenvalue weighted by atomic mass is 32.1. The summed E-state index contributed by atoms with van der Waals surface area (Å²) in [5, 5.41) is 3.63. The summed E-state index contributed by atoms with van der Waals surface area (Å²) in [6.45, 7) is 4.83. The summed E-state index contributed by atoms with van der Waals surface area (Å²) in [5.41, 5.74) is 7.20. The van der Waals surface area contributed by atoms with Crippen LogP contribution in [0.2, 0.25) is 0 Å². The zero-order chi connectivity index (χ0) is 16.4. The standard InChI is InChI=1S/C17H25N3O2S/c1-11-5-4-8-20(9-11)10-14(21)19-17-15(16(18)22)12-6-2-3-7-13(12)23-17/h11H,2-10H2,1H3,(H2,18,22)(H,19,21)/p+1/t11-/m0/s1. The zero-order valence-corrected chi connectivity index (χ0v) is 14.6. The van der Waals surface area contributed by atoms with Crippen LogP contribution < -0.4 is 16.0 Å². The van der Waals surface area contributed by atoms with Crippen LogP contribution >= 0.6 is 11.3 Å². The fourth-order valence-corrected chi connectivity index (χ4v) is 5.18. The summed E-state index contributed by atoms with van der Waals surface area (Å²) in [5.74, 6) is 0.260. The predicted octanol–water partition coefficient (Wildman–Crippen LogP) is 0.979. The molecule has 23 heavy (non-hydrogen) atoms. The van der Waals surface area contributed by atoms with Gasteiger partial charge in [0.25, 0.3) is 11.8 Å². The van der Waals surface area contributed by atoms with Crippen molar-refractivity contribution in [3.63, 3.8) is 0 Å². The quantitative estimate of drug-likeness (QED) is 0.766. The first-order chi connectivity index (χ1) is 11.0. The van der Waals surface area contributed by atoms with Gasteiger partial charge in [-0.15, -0.1) is 11.3 Å². The minimum Gasteiger partial charge on any atom is -0.365 e. The molecule has 0 bridgehead atoms. The molecule has 1 aliphatic heterocycles. The molecule has 1 saturated heterocycles. The van der Waals surface area contributed by atoms with Crippen LogP contribution in [0.1, 0.15) is 53.4 Å². The van der Waals surface area contributed by atoms with E-state index >= 15 is 0 Å². The first-order valence-electron chi connectivity index (χ1n) is 8.62. The second-order valence-corrected chi connectivity index (χ2v) is 8.06. The van der Waals surface area contributed by atoms with Crippen LogP contribution in [0.25, 0.3) is 0 Å². The van der Waals surface area contributed by atoms with Crippen molar-refractivity contribution in [3.8, 4) is 0 Å². The van der Waals surface area contributed by atoms with Crippen molar-refractivity contribution in [2.75, 3.05) is 25.0 Å². The van der Waals surface area contributed by atoms with Crippen LogP contribution in [0.4, 0.5) is 5.00 Å². The van der Waals surface area contributed by atoms with E-state index in [1.54, 1.807) is 0 Å². The van der Waals surface area contributed by atoms with Gasteiger partial charge in [0.15, 0.2) is 6.54 Å². The van der Waals surface area contributed by atoms with Gasteiger partial charge in [0.05, 0.1) is 18.7 Å². The molecule has 4 N–H and O–H groups in total. The number of likely N-dealkylation sites (tertiary alicyclic amines) is 1. The van der Waals surface area contributed by atoms with Crippen molar-refractivity contribution in [3.05, 3.63) is 16.0 Å². The second-order valence-electron chi connectivity index (χ2n) is 6.96. The minimum atomic E-state index is -0.418. The second kappa shape index (κ2) is 7.01. The number of nitrogens with two attached hydrogens (primary N) is 1. The molecular weight excluding hydrogens is 310 g/mol. The first kappa shape index (κ1) is 16.5. The van der Waals surface area contributed by atoms with E-state index in [2.05, 4.69) is 12.2 Å². The number of primary amides is 1. The van der Waals surface area contributed by atoms with Crippen molar-refractivity contribution in [1.82, 2.24) is 0 Å². The number of aryl methyl sites for hydroxylation is 1. The highest BCUT2D eigenvalue weighted by Crippen LogP contribution is 2.37. The fourth-order valence-electron chi connectivity index (χ4n) is 3.87. The summed E-state index contributed by atoms with van der Waals surface area (Å²) in [6.07, 6.45) is 6.57. The SMILES string of the molecule is C[C@H]1CCC[NH+](CC(=O)Nc2sc3c(c2C(N)=O)CCCC3)C1. The minimum absolute atomic E-state index is 0.00445. The normalized spacial score (nSPS) is 24.0. The van der Waals surface area contributed by atoms with Crippen LogP contribution in [0.3, 0.4) is 0 Å². The highest BCUT2D eigenvalue weighted by molar-refractivity contribution is 7.17. The van der Waals surface area contributed by atoms with Crippen LogP contribution in [-0.2, 0) is 17.6 Å². The van der Waals surface area contributed by atoms with Crippen molar-refractivity contribution >= 4 is 28.2 Å². The van der Waals surface area contributed by atoms with E-state index in [0.29, 0.717) is 23.0 Å². The molecule has 0 aromatic carbocycles. The van der Waals surface area contributed by atoms with Crippen molar-refractivity contribution < 1.29 is 14.5 Å². The molecule has 1 aromatic rings. The predicted molar refractivity (Wildman–Crippen MR) is 92.1 cm³/mol. The van der Waals surface area contributed by atoms with E-state index in [4.69, 9.17) is 5.73 Å². The van der Waals surface area contributed by atoms with Gasteiger partial charge in [0.2, 0.25) is 0 Å². The lowest BCUT2D eigenvalue weighted by molar-refractivity contribution is -0.900. The van der Waals surface area contributed by atoms with Crippen molar-refractivity contribution in [2.24, 2.45) is 11.7 Å². The maximum Gasteiger partial charge on any atom is 0.280 e. The Morgan fingerprint density at radius 3 is 2.83 bits per heavy atom. The van der Waals surface area contributed by atoms with E-state index in [9.17, 15) is 9.59 Å². The molecule has 2 aliphatic rings. The number of anilines is 1. The lowest BCUT2D eigenvalue weighted by atomic mass is 9.95. The lowest BCUT2D eigenvalue weighted by Gasteiger charge is -2.27. The van der Waals surface area contributed by atoms with Crippen LogP contribution in [0.5, 0.6) is 0 Å². The smallest absolute Gasteiger partial charge is 0.280 e. The third-order valence-electron chi connectivity index (χ3n) is 4.95. The Kier molecular flexibility index (Phi) is 5.02. The molecule has 1 fully saturated rings. The number of carbonyl (C=O) groups excluding carboxylic acids is 2. The summed E-state index contributed by atoms with van der Waals surface area (Å²) < 4.78 is 0. The van der Waals surface area contributed by atoms with Crippen molar-refractivity contribution in [2.45, 2.75) is 45.4 Å².